The maximum atomic E-state index is 13.5. The predicted molar refractivity (Wildman–Crippen MR) is 67.2 cm³/mol. The van der Waals surface area contributed by atoms with Crippen LogP contribution in [0.25, 0.3) is 0 Å². The normalized spacial score (nSPS) is 22.8. The standard InChI is InChI=1S/C13H17FN2O2/c1-8-10(5-6-15-8)13(17)16-9-3-4-12(18-2)11(14)7-9/h3-4,7-8,10,15H,5-6H2,1-2H3,(H,16,17). The number of methoxy groups -OCH3 is 1. The average Bonchev–Trinajstić information content (AvgIpc) is 2.76. The first-order chi connectivity index (χ1) is 8.61. The molecule has 2 atom stereocenters. The molecule has 18 heavy (non-hydrogen) atoms. The molecule has 0 aliphatic carbocycles. The summed E-state index contributed by atoms with van der Waals surface area (Å²) in [7, 11) is 1.41. The smallest absolute Gasteiger partial charge is 0.229 e. The maximum Gasteiger partial charge on any atom is 0.229 e. The van der Waals surface area contributed by atoms with Crippen LogP contribution >= 0.6 is 0 Å². The zero-order valence-electron chi connectivity index (χ0n) is 10.5. The Balaban J connectivity index is 2.05. The number of amides is 1. The number of ether oxygens (including phenoxy) is 1. The van der Waals surface area contributed by atoms with Gasteiger partial charge in [-0.1, -0.05) is 0 Å². The minimum absolute atomic E-state index is 0.0600. The average molecular weight is 252 g/mol. The van der Waals surface area contributed by atoms with Crippen LogP contribution in [0.2, 0.25) is 0 Å². The summed E-state index contributed by atoms with van der Waals surface area (Å²) in [5.74, 6) is -0.441. The fourth-order valence-corrected chi connectivity index (χ4v) is 2.20. The quantitative estimate of drug-likeness (QED) is 0.862. The highest BCUT2D eigenvalue weighted by Gasteiger charge is 2.29. The molecule has 2 N–H and O–H groups in total. The van der Waals surface area contributed by atoms with Crippen LogP contribution in [0.5, 0.6) is 5.75 Å². The summed E-state index contributed by atoms with van der Waals surface area (Å²) in [6, 6.07) is 4.56. The van der Waals surface area contributed by atoms with E-state index in [-0.39, 0.29) is 23.6 Å². The summed E-state index contributed by atoms with van der Waals surface area (Å²) < 4.78 is 18.3. The molecule has 1 aromatic rings. The molecule has 2 rings (SSSR count). The van der Waals surface area contributed by atoms with Crippen molar-refractivity contribution in [1.29, 1.82) is 0 Å². The van der Waals surface area contributed by atoms with Crippen molar-refractivity contribution in [3.63, 3.8) is 0 Å². The molecule has 1 saturated heterocycles. The van der Waals surface area contributed by atoms with Crippen molar-refractivity contribution >= 4 is 11.6 Å². The molecule has 5 heteroatoms. The van der Waals surface area contributed by atoms with E-state index in [0.717, 1.165) is 13.0 Å². The monoisotopic (exact) mass is 252 g/mol. The Morgan fingerprint density at radius 3 is 2.89 bits per heavy atom. The van der Waals surface area contributed by atoms with Gasteiger partial charge in [0.2, 0.25) is 5.91 Å². The minimum Gasteiger partial charge on any atom is -0.494 e. The third-order valence-corrected chi connectivity index (χ3v) is 3.28. The molecule has 0 spiro atoms. The molecule has 0 radical (unpaired) electrons. The largest absolute Gasteiger partial charge is 0.494 e. The van der Waals surface area contributed by atoms with Crippen LogP contribution in [-0.2, 0) is 4.79 Å². The Labute approximate surface area is 106 Å². The molecule has 98 valence electrons. The van der Waals surface area contributed by atoms with Crippen LogP contribution in [0, 0.1) is 11.7 Å². The van der Waals surface area contributed by atoms with Crippen molar-refractivity contribution in [2.24, 2.45) is 5.92 Å². The van der Waals surface area contributed by atoms with Gasteiger partial charge >= 0.3 is 0 Å². The Morgan fingerprint density at radius 1 is 1.56 bits per heavy atom. The summed E-state index contributed by atoms with van der Waals surface area (Å²) >= 11 is 0. The van der Waals surface area contributed by atoms with Gasteiger partial charge in [0.15, 0.2) is 11.6 Å². The highest BCUT2D eigenvalue weighted by Crippen LogP contribution is 2.22. The van der Waals surface area contributed by atoms with Crippen LogP contribution < -0.4 is 15.4 Å². The van der Waals surface area contributed by atoms with Crippen LogP contribution in [0.3, 0.4) is 0 Å². The molecule has 1 aromatic carbocycles. The van der Waals surface area contributed by atoms with Gasteiger partial charge in [-0.2, -0.15) is 0 Å². The molecule has 1 aliphatic heterocycles. The molecule has 2 unspecified atom stereocenters. The molecular formula is C13H17FN2O2. The van der Waals surface area contributed by atoms with Crippen molar-refractivity contribution in [1.82, 2.24) is 5.32 Å². The number of hydrogen-bond donors (Lipinski definition) is 2. The van der Waals surface area contributed by atoms with E-state index >= 15 is 0 Å². The molecule has 1 aliphatic rings. The summed E-state index contributed by atoms with van der Waals surface area (Å²) in [5, 5.41) is 5.94. The number of anilines is 1. The van der Waals surface area contributed by atoms with E-state index in [1.54, 1.807) is 6.07 Å². The lowest BCUT2D eigenvalue weighted by Crippen LogP contribution is -2.32. The Morgan fingerprint density at radius 2 is 2.33 bits per heavy atom. The van der Waals surface area contributed by atoms with Crippen LogP contribution in [0.4, 0.5) is 10.1 Å². The lowest BCUT2D eigenvalue weighted by Gasteiger charge is -2.15. The van der Waals surface area contributed by atoms with Gasteiger partial charge in [-0.3, -0.25) is 4.79 Å². The number of hydrogen-bond acceptors (Lipinski definition) is 3. The molecule has 0 saturated carbocycles. The van der Waals surface area contributed by atoms with Gasteiger partial charge in [0.1, 0.15) is 0 Å². The van der Waals surface area contributed by atoms with Gasteiger partial charge in [-0.05, 0) is 32.0 Å². The lowest BCUT2D eigenvalue weighted by atomic mass is 10.0. The summed E-state index contributed by atoms with van der Waals surface area (Å²) in [6.45, 7) is 2.82. The van der Waals surface area contributed by atoms with Gasteiger partial charge in [-0.25, -0.2) is 4.39 Å². The zero-order valence-corrected chi connectivity index (χ0v) is 10.5. The van der Waals surface area contributed by atoms with Gasteiger partial charge in [-0.15, -0.1) is 0 Å². The number of nitrogens with one attached hydrogen (secondary N) is 2. The maximum absolute atomic E-state index is 13.5. The number of carbonyl (C=O) groups excluding carboxylic acids is 1. The molecule has 1 heterocycles. The van der Waals surface area contributed by atoms with E-state index in [4.69, 9.17) is 4.74 Å². The molecular weight excluding hydrogens is 235 g/mol. The molecule has 1 fully saturated rings. The Bertz CT molecular complexity index is 451. The van der Waals surface area contributed by atoms with E-state index in [0.29, 0.717) is 5.69 Å². The van der Waals surface area contributed by atoms with E-state index in [1.807, 2.05) is 6.92 Å². The van der Waals surface area contributed by atoms with Crippen LogP contribution in [0.1, 0.15) is 13.3 Å². The van der Waals surface area contributed by atoms with E-state index < -0.39 is 5.82 Å². The zero-order chi connectivity index (χ0) is 13.1. The topological polar surface area (TPSA) is 50.4 Å². The first-order valence-corrected chi connectivity index (χ1v) is 5.99. The number of rotatable bonds is 3. The highest BCUT2D eigenvalue weighted by molar-refractivity contribution is 5.93. The van der Waals surface area contributed by atoms with Crippen LogP contribution in [-0.4, -0.2) is 25.6 Å². The first kappa shape index (κ1) is 12.8. The fourth-order valence-electron chi connectivity index (χ4n) is 2.20. The SMILES string of the molecule is COc1ccc(NC(=O)C2CCNC2C)cc1F. The van der Waals surface area contributed by atoms with E-state index in [2.05, 4.69) is 10.6 Å². The summed E-state index contributed by atoms with van der Waals surface area (Å²) in [5.41, 5.74) is 0.456. The molecule has 0 bridgehead atoms. The highest BCUT2D eigenvalue weighted by atomic mass is 19.1. The van der Waals surface area contributed by atoms with Crippen LogP contribution in [0.15, 0.2) is 18.2 Å². The van der Waals surface area contributed by atoms with Crippen molar-refractivity contribution < 1.29 is 13.9 Å². The second-order valence-corrected chi connectivity index (χ2v) is 4.48. The van der Waals surface area contributed by atoms with Gasteiger partial charge in [0, 0.05) is 17.8 Å². The number of benzene rings is 1. The van der Waals surface area contributed by atoms with Gasteiger partial charge in [0.05, 0.1) is 13.0 Å². The van der Waals surface area contributed by atoms with Gasteiger partial charge < -0.3 is 15.4 Å². The second kappa shape index (κ2) is 5.35. The van der Waals surface area contributed by atoms with Crippen molar-refractivity contribution in [3.05, 3.63) is 24.0 Å². The van der Waals surface area contributed by atoms with Crippen molar-refractivity contribution in [2.45, 2.75) is 19.4 Å². The first-order valence-electron chi connectivity index (χ1n) is 5.99. The molecule has 1 amide bonds. The van der Waals surface area contributed by atoms with Gasteiger partial charge in [0.25, 0.3) is 0 Å². The van der Waals surface area contributed by atoms with Crippen molar-refractivity contribution in [2.75, 3.05) is 19.0 Å². The molecule has 4 nitrogen and oxygen atoms in total. The fraction of sp³-hybridized carbons (Fsp3) is 0.462. The van der Waals surface area contributed by atoms with E-state index in [9.17, 15) is 9.18 Å². The summed E-state index contributed by atoms with van der Waals surface area (Å²) in [4.78, 5) is 12.0. The third-order valence-electron chi connectivity index (χ3n) is 3.28. The third kappa shape index (κ3) is 2.61. The summed E-state index contributed by atoms with van der Waals surface area (Å²) in [6.07, 6.45) is 0.811. The Kier molecular flexibility index (Phi) is 3.81. The molecule has 0 aromatic heterocycles. The minimum atomic E-state index is -0.479. The van der Waals surface area contributed by atoms with E-state index in [1.165, 1.54) is 19.2 Å². The Hall–Kier alpha value is -1.62. The predicted octanol–water partition coefficient (Wildman–Crippen LogP) is 1.77. The van der Waals surface area contributed by atoms with Crippen molar-refractivity contribution in [3.8, 4) is 5.75 Å². The number of halogens is 1. The number of carbonyl (C=O) groups is 1. The lowest BCUT2D eigenvalue weighted by molar-refractivity contribution is -0.120. The second-order valence-electron chi connectivity index (χ2n) is 4.48.